The van der Waals surface area contributed by atoms with Gasteiger partial charge in [0.25, 0.3) is 5.91 Å². The molecule has 0 unspecified atom stereocenters. The SMILES string of the molecule is Cc1nc2ccc(NC(=O)c3cc[nH]c(=O)c3)cc2s1. The summed E-state index contributed by atoms with van der Waals surface area (Å²) in [6.45, 7) is 1.94. The van der Waals surface area contributed by atoms with Crippen molar-refractivity contribution in [3.05, 3.63) is 57.5 Å². The maximum absolute atomic E-state index is 12.0. The van der Waals surface area contributed by atoms with Crippen molar-refractivity contribution in [3.8, 4) is 0 Å². The van der Waals surface area contributed by atoms with Crippen molar-refractivity contribution in [1.29, 1.82) is 0 Å². The van der Waals surface area contributed by atoms with E-state index in [2.05, 4.69) is 15.3 Å². The van der Waals surface area contributed by atoms with Gasteiger partial charge in [-0.2, -0.15) is 0 Å². The molecule has 0 aliphatic heterocycles. The number of fused-ring (bicyclic) bond motifs is 1. The van der Waals surface area contributed by atoms with Crippen LogP contribution in [0.4, 0.5) is 5.69 Å². The van der Waals surface area contributed by atoms with Crippen molar-refractivity contribution in [1.82, 2.24) is 9.97 Å². The van der Waals surface area contributed by atoms with Crippen LogP contribution >= 0.6 is 11.3 Å². The Hall–Kier alpha value is -2.47. The zero-order chi connectivity index (χ0) is 14.1. The molecule has 3 aromatic rings. The molecule has 0 atom stereocenters. The average molecular weight is 285 g/mol. The number of pyridine rings is 1. The molecular weight excluding hydrogens is 274 g/mol. The number of hydrogen-bond donors (Lipinski definition) is 2. The van der Waals surface area contributed by atoms with Crippen LogP contribution in [0.1, 0.15) is 15.4 Å². The van der Waals surface area contributed by atoms with Gasteiger partial charge in [-0.25, -0.2) is 4.98 Å². The van der Waals surface area contributed by atoms with Crippen molar-refractivity contribution in [2.75, 3.05) is 5.32 Å². The number of rotatable bonds is 2. The lowest BCUT2D eigenvalue weighted by Gasteiger charge is -2.04. The molecule has 0 aliphatic rings. The molecule has 0 aliphatic carbocycles. The van der Waals surface area contributed by atoms with Crippen LogP contribution < -0.4 is 10.9 Å². The molecule has 5 nitrogen and oxygen atoms in total. The summed E-state index contributed by atoms with van der Waals surface area (Å²) in [6, 6.07) is 8.38. The van der Waals surface area contributed by atoms with Gasteiger partial charge in [-0.05, 0) is 31.2 Å². The molecule has 0 radical (unpaired) electrons. The zero-order valence-corrected chi connectivity index (χ0v) is 11.5. The molecule has 0 spiro atoms. The first-order valence-electron chi connectivity index (χ1n) is 5.99. The van der Waals surface area contributed by atoms with Gasteiger partial charge in [0.1, 0.15) is 0 Å². The number of aromatic nitrogens is 2. The van der Waals surface area contributed by atoms with E-state index in [0.29, 0.717) is 11.3 Å². The second-order valence-electron chi connectivity index (χ2n) is 4.31. The summed E-state index contributed by atoms with van der Waals surface area (Å²) in [4.78, 5) is 30.1. The Bertz CT molecular complexity index is 851. The summed E-state index contributed by atoms with van der Waals surface area (Å²) in [6.07, 6.45) is 1.45. The quantitative estimate of drug-likeness (QED) is 0.759. The molecule has 0 bridgehead atoms. The molecule has 2 heterocycles. The number of H-pyrrole nitrogens is 1. The maximum Gasteiger partial charge on any atom is 0.255 e. The first kappa shape index (κ1) is 12.6. The molecule has 0 saturated heterocycles. The Morgan fingerprint density at radius 3 is 2.95 bits per heavy atom. The molecule has 100 valence electrons. The first-order valence-corrected chi connectivity index (χ1v) is 6.81. The number of carbonyl (C=O) groups excluding carboxylic acids is 1. The van der Waals surface area contributed by atoms with Gasteiger partial charge in [0.05, 0.1) is 15.2 Å². The minimum Gasteiger partial charge on any atom is -0.329 e. The molecule has 1 aromatic carbocycles. The largest absolute Gasteiger partial charge is 0.329 e. The maximum atomic E-state index is 12.0. The second-order valence-corrected chi connectivity index (χ2v) is 5.55. The number of carbonyl (C=O) groups is 1. The zero-order valence-electron chi connectivity index (χ0n) is 10.6. The van der Waals surface area contributed by atoms with Crippen molar-refractivity contribution in [2.45, 2.75) is 6.92 Å². The Balaban J connectivity index is 1.88. The lowest BCUT2D eigenvalue weighted by Crippen LogP contribution is -2.15. The third kappa shape index (κ3) is 2.46. The summed E-state index contributed by atoms with van der Waals surface area (Å²) < 4.78 is 1.02. The summed E-state index contributed by atoms with van der Waals surface area (Å²) in [7, 11) is 0. The number of aromatic amines is 1. The fraction of sp³-hybridized carbons (Fsp3) is 0.0714. The third-order valence-corrected chi connectivity index (χ3v) is 3.72. The normalized spacial score (nSPS) is 10.7. The standard InChI is InChI=1S/C14H11N3O2S/c1-8-16-11-3-2-10(7-12(11)20-8)17-14(19)9-4-5-15-13(18)6-9/h2-7H,1H3,(H,15,18)(H,17,19). The van der Waals surface area contributed by atoms with E-state index in [1.165, 1.54) is 12.3 Å². The number of nitrogens with one attached hydrogen (secondary N) is 2. The van der Waals surface area contributed by atoms with Crippen LogP contribution in [0, 0.1) is 6.92 Å². The first-order chi connectivity index (χ1) is 9.61. The van der Waals surface area contributed by atoms with Gasteiger partial charge in [-0.3, -0.25) is 9.59 Å². The van der Waals surface area contributed by atoms with E-state index in [1.54, 1.807) is 23.5 Å². The minimum atomic E-state index is -0.309. The molecular formula is C14H11N3O2S. The van der Waals surface area contributed by atoms with Crippen LogP contribution in [-0.2, 0) is 0 Å². The molecule has 3 rings (SSSR count). The smallest absolute Gasteiger partial charge is 0.255 e. The van der Waals surface area contributed by atoms with Crippen LogP contribution in [-0.4, -0.2) is 15.9 Å². The predicted octanol–water partition coefficient (Wildman–Crippen LogP) is 2.55. The van der Waals surface area contributed by atoms with Gasteiger partial charge in [0.15, 0.2) is 0 Å². The molecule has 0 saturated carbocycles. The summed E-state index contributed by atoms with van der Waals surface area (Å²) >= 11 is 1.57. The summed E-state index contributed by atoms with van der Waals surface area (Å²) in [5, 5.41) is 3.76. The van der Waals surface area contributed by atoms with Crippen molar-refractivity contribution in [3.63, 3.8) is 0 Å². The van der Waals surface area contributed by atoms with Crippen LogP contribution in [0.25, 0.3) is 10.2 Å². The van der Waals surface area contributed by atoms with Crippen molar-refractivity contribution >= 4 is 33.1 Å². The van der Waals surface area contributed by atoms with Gasteiger partial charge in [-0.1, -0.05) is 0 Å². The predicted molar refractivity (Wildman–Crippen MR) is 79.4 cm³/mol. The molecule has 2 aromatic heterocycles. The Morgan fingerprint density at radius 2 is 2.15 bits per heavy atom. The van der Waals surface area contributed by atoms with E-state index in [-0.39, 0.29) is 11.5 Å². The molecule has 6 heteroatoms. The van der Waals surface area contributed by atoms with Crippen LogP contribution in [0.15, 0.2) is 41.3 Å². The molecule has 2 N–H and O–H groups in total. The minimum absolute atomic E-state index is 0.300. The van der Waals surface area contributed by atoms with Gasteiger partial charge >= 0.3 is 0 Å². The Kier molecular flexibility index (Phi) is 3.08. The van der Waals surface area contributed by atoms with Crippen molar-refractivity contribution in [2.24, 2.45) is 0 Å². The lowest BCUT2D eigenvalue weighted by molar-refractivity contribution is 0.102. The highest BCUT2D eigenvalue weighted by atomic mass is 32.1. The van der Waals surface area contributed by atoms with E-state index in [1.807, 2.05) is 19.1 Å². The summed E-state index contributed by atoms with van der Waals surface area (Å²) in [5.74, 6) is -0.309. The number of aryl methyl sites for hydroxylation is 1. The Labute approximate surface area is 118 Å². The number of nitrogens with zero attached hydrogens (tertiary/aromatic N) is 1. The number of thiazole rings is 1. The highest BCUT2D eigenvalue weighted by molar-refractivity contribution is 7.18. The number of amides is 1. The van der Waals surface area contributed by atoms with Crippen molar-refractivity contribution < 1.29 is 4.79 Å². The molecule has 0 fully saturated rings. The molecule has 1 amide bonds. The van der Waals surface area contributed by atoms with Gasteiger partial charge in [0.2, 0.25) is 5.56 Å². The van der Waals surface area contributed by atoms with E-state index >= 15 is 0 Å². The van der Waals surface area contributed by atoms with Gasteiger partial charge in [-0.15, -0.1) is 11.3 Å². The van der Waals surface area contributed by atoms with Gasteiger partial charge in [0, 0.05) is 23.5 Å². The van der Waals surface area contributed by atoms with Crippen LogP contribution in [0.5, 0.6) is 0 Å². The third-order valence-electron chi connectivity index (χ3n) is 2.79. The number of anilines is 1. The Morgan fingerprint density at radius 1 is 1.30 bits per heavy atom. The van der Waals surface area contributed by atoms with Gasteiger partial charge < -0.3 is 10.3 Å². The molecule has 20 heavy (non-hydrogen) atoms. The highest BCUT2D eigenvalue weighted by Gasteiger charge is 2.08. The summed E-state index contributed by atoms with van der Waals surface area (Å²) in [5.41, 5.74) is 1.63. The average Bonchev–Trinajstić information content (AvgIpc) is 2.78. The fourth-order valence-corrected chi connectivity index (χ4v) is 2.77. The van der Waals surface area contributed by atoms with Crippen LogP contribution in [0.3, 0.4) is 0 Å². The number of hydrogen-bond acceptors (Lipinski definition) is 4. The van der Waals surface area contributed by atoms with E-state index in [9.17, 15) is 9.59 Å². The van der Waals surface area contributed by atoms with E-state index in [0.717, 1.165) is 15.2 Å². The highest BCUT2D eigenvalue weighted by Crippen LogP contribution is 2.24. The number of benzene rings is 1. The lowest BCUT2D eigenvalue weighted by atomic mass is 10.2. The second kappa shape index (κ2) is 4.90. The van der Waals surface area contributed by atoms with E-state index in [4.69, 9.17) is 0 Å². The van der Waals surface area contributed by atoms with Crippen LogP contribution in [0.2, 0.25) is 0 Å². The monoisotopic (exact) mass is 285 g/mol. The van der Waals surface area contributed by atoms with E-state index < -0.39 is 0 Å². The topological polar surface area (TPSA) is 74.8 Å². The fourth-order valence-electron chi connectivity index (χ4n) is 1.91.